The number of carbonyl (C=O) groups is 1. The molecule has 29 heavy (non-hydrogen) atoms. The van der Waals surface area contributed by atoms with E-state index in [1.807, 2.05) is 18.2 Å². The molecule has 1 heterocycles. The molecule has 0 aromatic heterocycles. The Labute approximate surface area is 180 Å². The largest absolute Gasteiger partial charge is 0.489 e. The van der Waals surface area contributed by atoms with Crippen molar-refractivity contribution in [3.8, 4) is 5.75 Å². The van der Waals surface area contributed by atoms with Crippen LogP contribution in [0.1, 0.15) is 15.9 Å². The fraction of sp³-hybridized carbons (Fsp3) is 0.381. The Morgan fingerprint density at radius 1 is 1.21 bits per heavy atom. The van der Waals surface area contributed by atoms with E-state index in [1.165, 1.54) is 0 Å². The summed E-state index contributed by atoms with van der Waals surface area (Å²) < 4.78 is 10.8. The Balaban J connectivity index is 1.47. The Bertz CT molecular complexity index is 828. The number of aliphatic hydroxyl groups is 1. The van der Waals surface area contributed by atoms with Crippen molar-refractivity contribution in [3.05, 3.63) is 63.6 Å². The average molecular weight is 439 g/mol. The Kier molecular flexibility index (Phi) is 8.15. The quantitative estimate of drug-likeness (QED) is 0.662. The van der Waals surface area contributed by atoms with Crippen LogP contribution in [0.25, 0.3) is 0 Å². The normalized spacial score (nSPS) is 15.7. The van der Waals surface area contributed by atoms with E-state index < -0.39 is 6.10 Å². The van der Waals surface area contributed by atoms with E-state index in [9.17, 15) is 9.90 Å². The van der Waals surface area contributed by atoms with E-state index in [4.69, 9.17) is 32.7 Å². The van der Waals surface area contributed by atoms with Gasteiger partial charge in [0.1, 0.15) is 23.5 Å². The van der Waals surface area contributed by atoms with E-state index in [0.717, 1.165) is 38.4 Å². The molecule has 1 amide bonds. The first kappa shape index (κ1) is 21.9. The van der Waals surface area contributed by atoms with Crippen LogP contribution in [0, 0.1) is 0 Å². The highest BCUT2D eigenvalue weighted by Crippen LogP contribution is 2.31. The molecule has 1 atom stereocenters. The molecule has 1 unspecified atom stereocenters. The van der Waals surface area contributed by atoms with Crippen molar-refractivity contribution in [1.82, 2.24) is 10.2 Å². The number of aliphatic hydroxyl groups excluding tert-OH is 1. The molecule has 0 aliphatic carbocycles. The molecule has 2 aromatic rings. The Morgan fingerprint density at radius 2 is 1.97 bits per heavy atom. The number of rotatable bonds is 8. The number of nitrogens with zero attached hydrogens (tertiary/aromatic N) is 1. The number of carbonyl (C=O) groups excluding carboxylic acids is 1. The first-order valence-electron chi connectivity index (χ1n) is 9.45. The van der Waals surface area contributed by atoms with Crippen LogP contribution in [-0.2, 0) is 11.3 Å². The van der Waals surface area contributed by atoms with Crippen LogP contribution in [0.15, 0.2) is 42.5 Å². The van der Waals surface area contributed by atoms with Gasteiger partial charge in [0.2, 0.25) is 0 Å². The number of halogens is 2. The van der Waals surface area contributed by atoms with Crippen LogP contribution in [0.2, 0.25) is 10.0 Å². The third-order valence-electron chi connectivity index (χ3n) is 4.54. The van der Waals surface area contributed by atoms with Gasteiger partial charge in [-0.2, -0.15) is 0 Å². The first-order chi connectivity index (χ1) is 14.0. The number of amides is 1. The molecule has 0 spiro atoms. The number of hydrogen-bond donors (Lipinski definition) is 2. The highest BCUT2D eigenvalue weighted by atomic mass is 35.5. The summed E-state index contributed by atoms with van der Waals surface area (Å²) in [6.45, 7) is 4.07. The zero-order valence-electron chi connectivity index (χ0n) is 15.9. The molecule has 2 aromatic carbocycles. The highest BCUT2D eigenvalue weighted by Gasteiger charge is 2.14. The predicted molar refractivity (Wildman–Crippen MR) is 113 cm³/mol. The average Bonchev–Trinajstić information content (AvgIpc) is 2.74. The molecule has 1 saturated heterocycles. The summed E-state index contributed by atoms with van der Waals surface area (Å²) >= 11 is 12.0. The third-order valence-corrected chi connectivity index (χ3v) is 5.35. The summed E-state index contributed by atoms with van der Waals surface area (Å²) in [5.74, 6) is 0.147. The van der Waals surface area contributed by atoms with E-state index >= 15 is 0 Å². The van der Waals surface area contributed by atoms with Crippen LogP contribution in [0.5, 0.6) is 5.75 Å². The molecule has 6 nitrogen and oxygen atoms in total. The van der Waals surface area contributed by atoms with Gasteiger partial charge in [-0.15, -0.1) is 0 Å². The standard InChI is InChI=1S/C21H24Cl2N2O4/c22-18-5-2-6-19(20(18)23)29-14-17(26)12-24-21(27)16-4-1-3-15(11-16)13-25-7-9-28-10-8-25/h1-6,11,17,26H,7-10,12-14H2,(H,24,27). The molecule has 0 radical (unpaired) electrons. The molecule has 1 aliphatic heterocycles. The van der Waals surface area contributed by atoms with Gasteiger partial charge in [0.15, 0.2) is 0 Å². The lowest BCUT2D eigenvalue weighted by atomic mass is 10.1. The van der Waals surface area contributed by atoms with Crippen LogP contribution in [0.4, 0.5) is 0 Å². The maximum absolute atomic E-state index is 12.4. The van der Waals surface area contributed by atoms with E-state index in [2.05, 4.69) is 10.2 Å². The van der Waals surface area contributed by atoms with Crippen LogP contribution < -0.4 is 10.1 Å². The van der Waals surface area contributed by atoms with Crippen molar-refractivity contribution in [2.24, 2.45) is 0 Å². The maximum atomic E-state index is 12.4. The second kappa shape index (κ2) is 10.8. The van der Waals surface area contributed by atoms with Crippen LogP contribution in [-0.4, -0.2) is 61.5 Å². The number of ether oxygens (including phenoxy) is 2. The van der Waals surface area contributed by atoms with Gasteiger partial charge in [-0.25, -0.2) is 0 Å². The molecule has 1 aliphatic rings. The van der Waals surface area contributed by atoms with Crippen LogP contribution in [0.3, 0.4) is 0 Å². The van der Waals surface area contributed by atoms with Crippen LogP contribution >= 0.6 is 23.2 Å². The lowest BCUT2D eigenvalue weighted by Gasteiger charge is -2.26. The number of morpholine rings is 1. The van der Waals surface area contributed by atoms with E-state index in [0.29, 0.717) is 21.4 Å². The molecule has 1 fully saturated rings. The smallest absolute Gasteiger partial charge is 0.251 e. The van der Waals surface area contributed by atoms with Gasteiger partial charge < -0.3 is 19.9 Å². The minimum Gasteiger partial charge on any atom is -0.489 e. The first-order valence-corrected chi connectivity index (χ1v) is 10.2. The molecule has 0 bridgehead atoms. The van der Waals surface area contributed by atoms with Gasteiger partial charge in [-0.05, 0) is 29.8 Å². The fourth-order valence-electron chi connectivity index (χ4n) is 2.98. The minimum absolute atomic E-state index is 0.0165. The molecular formula is C21H24Cl2N2O4. The summed E-state index contributed by atoms with van der Waals surface area (Å²) in [6.07, 6.45) is -0.884. The summed E-state index contributed by atoms with van der Waals surface area (Å²) in [4.78, 5) is 14.7. The van der Waals surface area contributed by atoms with Crippen molar-refractivity contribution >= 4 is 29.1 Å². The van der Waals surface area contributed by atoms with Crippen molar-refractivity contribution in [3.63, 3.8) is 0 Å². The fourth-order valence-corrected chi connectivity index (χ4v) is 3.33. The molecule has 156 valence electrons. The van der Waals surface area contributed by atoms with Crippen molar-refractivity contribution in [2.75, 3.05) is 39.5 Å². The third kappa shape index (κ3) is 6.59. The lowest BCUT2D eigenvalue weighted by Crippen LogP contribution is -2.36. The zero-order valence-corrected chi connectivity index (χ0v) is 17.5. The van der Waals surface area contributed by atoms with Gasteiger partial charge in [0.25, 0.3) is 5.91 Å². The number of benzene rings is 2. The van der Waals surface area contributed by atoms with Gasteiger partial charge >= 0.3 is 0 Å². The minimum atomic E-state index is -0.884. The highest BCUT2D eigenvalue weighted by molar-refractivity contribution is 6.42. The monoisotopic (exact) mass is 438 g/mol. The number of nitrogens with one attached hydrogen (secondary N) is 1. The summed E-state index contributed by atoms with van der Waals surface area (Å²) in [6, 6.07) is 12.5. The topological polar surface area (TPSA) is 71.0 Å². The van der Waals surface area contributed by atoms with Gasteiger partial charge in [-0.3, -0.25) is 9.69 Å². The number of hydrogen-bond acceptors (Lipinski definition) is 5. The Morgan fingerprint density at radius 3 is 2.76 bits per heavy atom. The summed E-state index contributed by atoms with van der Waals surface area (Å²) in [5, 5.41) is 13.5. The van der Waals surface area contributed by atoms with Gasteiger partial charge in [-0.1, -0.05) is 41.4 Å². The zero-order chi connectivity index (χ0) is 20.6. The van der Waals surface area contributed by atoms with Crippen molar-refractivity contribution < 1.29 is 19.4 Å². The maximum Gasteiger partial charge on any atom is 0.251 e. The predicted octanol–water partition coefficient (Wildman–Crippen LogP) is 3.00. The van der Waals surface area contributed by atoms with E-state index in [-0.39, 0.29) is 19.1 Å². The SMILES string of the molecule is O=C(NCC(O)COc1cccc(Cl)c1Cl)c1cccc(CN2CCOCC2)c1. The second-order valence-corrected chi connectivity index (χ2v) is 7.60. The molecule has 0 saturated carbocycles. The molecule has 2 N–H and O–H groups in total. The lowest BCUT2D eigenvalue weighted by molar-refractivity contribution is 0.0342. The van der Waals surface area contributed by atoms with Gasteiger partial charge in [0, 0.05) is 31.7 Å². The second-order valence-electron chi connectivity index (χ2n) is 6.82. The van der Waals surface area contributed by atoms with Crippen molar-refractivity contribution in [2.45, 2.75) is 12.6 Å². The summed E-state index contributed by atoms with van der Waals surface area (Å²) in [7, 11) is 0. The van der Waals surface area contributed by atoms with E-state index in [1.54, 1.807) is 24.3 Å². The summed E-state index contributed by atoms with van der Waals surface area (Å²) in [5.41, 5.74) is 1.63. The Hall–Kier alpha value is -1.83. The molecular weight excluding hydrogens is 415 g/mol. The molecule has 8 heteroatoms. The van der Waals surface area contributed by atoms with Crippen molar-refractivity contribution in [1.29, 1.82) is 0 Å². The molecule has 3 rings (SSSR count). The van der Waals surface area contributed by atoms with Gasteiger partial charge in [0.05, 0.1) is 18.2 Å².